The fraction of sp³-hybridized carbons (Fsp3) is 0.263. The molecule has 2 amide bonds. The van der Waals surface area contributed by atoms with Crippen molar-refractivity contribution in [2.24, 2.45) is 0 Å². The molecule has 5 nitrogen and oxygen atoms in total. The van der Waals surface area contributed by atoms with Gasteiger partial charge in [-0.15, -0.1) is 0 Å². The predicted molar refractivity (Wildman–Crippen MR) is 92.7 cm³/mol. The number of carbonyl (C=O) groups is 2. The Kier molecular flexibility index (Phi) is 6.37. The smallest absolute Gasteiger partial charge is 0.309 e. The molecule has 0 heterocycles. The summed E-state index contributed by atoms with van der Waals surface area (Å²) >= 11 is 0. The van der Waals surface area contributed by atoms with Gasteiger partial charge in [-0.25, -0.2) is 0 Å². The van der Waals surface area contributed by atoms with Gasteiger partial charge in [-0.05, 0) is 36.6 Å². The summed E-state index contributed by atoms with van der Waals surface area (Å²) in [5, 5.41) is 5.24. The van der Waals surface area contributed by atoms with Crippen LogP contribution in [0.3, 0.4) is 0 Å². The molecule has 2 rings (SSSR count). The number of aryl methyl sites for hydroxylation is 1. The molecule has 0 spiro atoms. The van der Waals surface area contributed by atoms with E-state index in [9.17, 15) is 9.59 Å². The van der Waals surface area contributed by atoms with Gasteiger partial charge < -0.3 is 15.4 Å². The van der Waals surface area contributed by atoms with Gasteiger partial charge in [0.05, 0.1) is 7.11 Å². The number of hydrogen-bond donors (Lipinski definition) is 2. The molecule has 0 bridgehead atoms. The number of nitrogens with one attached hydrogen (secondary N) is 2. The topological polar surface area (TPSA) is 67.4 Å². The molecule has 2 N–H and O–H groups in total. The summed E-state index contributed by atoms with van der Waals surface area (Å²) in [6.07, 6.45) is 0.654. The van der Waals surface area contributed by atoms with Crippen LogP contribution in [-0.2, 0) is 22.6 Å². The summed E-state index contributed by atoms with van der Waals surface area (Å²) in [4.78, 5) is 23.5. The lowest BCUT2D eigenvalue weighted by molar-refractivity contribution is -0.139. The molecule has 5 heteroatoms. The molecule has 0 saturated carbocycles. The molecule has 2 aromatic rings. The zero-order chi connectivity index (χ0) is 17.4. The van der Waals surface area contributed by atoms with E-state index in [4.69, 9.17) is 4.74 Å². The first kappa shape index (κ1) is 17.5. The van der Waals surface area contributed by atoms with Crippen molar-refractivity contribution in [3.63, 3.8) is 0 Å². The Labute approximate surface area is 142 Å². The summed E-state index contributed by atoms with van der Waals surface area (Å²) in [6.45, 7) is 2.74. The summed E-state index contributed by atoms with van der Waals surface area (Å²) in [7, 11) is 1.62. The van der Waals surface area contributed by atoms with Crippen molar-refractivity contribution in [3.8, 4) is 5.75 Å². The van der Waals surface area contributed by atoms with E-state index in [1.54, 1.807) is 7.11 Å². The molecular formula is C19H22N2O3. The van der Waals surface area contributed by atoms with Gasteiger partial charge in [0.1, 0.15) is 5.75 Å². The van der Waals surface area contributed by atoms with Gasteiger partial charge in [0.15, 0.2) is 0 Å². The van der Waals surface area contributed by atoms with Gasteiger partial charge in [-0.1, -0.05) is 42.0 Å². The first-order valence-corrected chi connectivity index (χ1v) is 7.83. The molecule has 0 aliphatic carbocycles. The van der Waals surface area contributed by atoms with E-state index in [1.807, 2.05) is 55.5 Å². The first-order valence-electron chi connectivity index (χ1n) is 7.83. The number of benzene rings is 2. The van der Waals surface area contributed by atoms with Gasteiger partial charge >= 0.3 is 11.8 Å². The maximum Gasteiger partial charge on any atom is 0.309 e. The van der Waals surface area contributed by atoms with E-state index in [-0.39, 0.29) is 0 Å². The second-order valence-electron chi connectivity index (χ2n) is 5.52. The monoisotopic (exact) mass is 326 g/mol. The highest BCUT2D eigenvalue weighted by molar-refractivity contribution is 6.35. The van der Waals surface area contributed by atoms with Crippen molar-refractivity contribution in [2.75, 3.05) is 13.7 Å². The summed E-state index contributed by atoms with van der Waals surface area (Å²) < 4.78 is 5.09. The van der Waals surface area contributed by atoms with Gasteiger partial charge in [0.25, 0.3) is 0 Å². The number of ether oxygens (including phenoxy) is 1. The Morgan fingerprint density at radius 3 is 2.08 bits per heavy atom. The fourth-order valence-corrected chi connectivity index (χ4v) is 2.16. The highest BCUT2D eigenvalue weighted by Crippen LogP contribution is 2.11. The number of methoxy groups -OCH3 is 1. The molecule has 0 aliphatic heterocycles. The Bertz CT molecular complexity index is 679. The Morgan fingerprint density at radius 1 is 0.875 bits per heavy atom. The maximum atomic E-state index is 11.8. The van der Waals surface area contributed by atoms with E-state index in [0.717, 1.165) is 22.4 Å². The summed E-state index contributed by atoms with van der Waals surface area (Å²) in [5.74, 6) is -0.445. The molecule has 0 fully saturated rings. The molecule has 0 aliphatic rings. The molecule has 0 saturated heterocycles. The molecule has 24 heavy (non-hydrogen) atoms. The minimum absolute atomic E-state index is 0.338. The molecule has 0 unspecified atom stereocenters. The maximum absolute atomic E-state index is 11.8. The minimum atomic E-state index is -0.620. The number of carbonyl (C=O) groups excluding carboxylic acids is 2. The van der Waals surface area contributed by atoms with Crippen molar-refractivity contribution >= 4 is 11.8 Å². The fourth-order valence-electron chi connectivity index (χ4n) is 2.16. The Hall–Kier alpha value is -2.82. The average molecular weight is 326 g/mol. The van der Waals surface area contributed by atoms with Crippen LogP contribution in [0.15, 0.2) is 48.5 Å². The molecule has 0 aromatic heterocycles. The molecular weight excluding hydrogens is 304 g/mol. The zero-order valence-corrected chi connectivity index (χ0v) is 14.0. The zero-order valence-electron chi connectivity index (χ0n) is 14.0. The van der Waals surface area contributed by atoms with E-state index in [2.05, 4.69) is 10.6 Å². The molecule has 0 atom stereocenters. The van der Waals surface area contributed by atoms with Crippen LogP contribution in [-0.4, -0.2) is 25.5 Å². The second kappa shape index (κ2) is 8.72. The van der Waals surface area contributed by atoms with Gasteiger partial charge in [-0.2, -0.15) is 0 Å². The lowest BCUT2D eigenvalue weighted by Gasteiger charge is -2.07. The highest BCUT2D eigenvalue weighted by atomic mass is 16.5. The van der Waals surface area contributed by atoms with E-state index < -0.39 is 11.8 Å². The van der Waals surface area contributed by atoms with Crippen LogP contribution in [0.5, 0.6) is 5.75 Å². The third kappa shape index (κ3) is 5.43. The average Bonchev–Trinajstić information content (AvgIpc) is 2.61. The standard InChI is InChI=1S/C19H22N2O3/c1-14-3-5-16(6-4-14)13-21-19(23)18(22)20-12-11-15-7-9-17(24-2)10-8-15/h3-10H,11-13H2,1-2H3,(H,20,22)(H,21,23). The van der Waals surface area contributed by atoms with Crippen molar-refractivity contribution in [1.29, 1.82) is 0 Å². The van der Waals surface area contributed by atoms with Crippen molar-refractivity contribution in [1.82, 2.24) is 10.6 Å². The Morgan fingerprint density at radius 2 is 1.46 bits per heavy atom. The van der Waals surface area contributed by atoms with Crippen molar-refractivity contribution in [3.05, 3.63) is 65.2 Å². The highest BCUT2D eigenvalue weighted by Gasteiger charge is 2.12. The van der Waals surface area contributed by atoms with Gasteiger partial charge in [0.2, 0.25) is 0 Å². The SMILES string of the molecule is COc1ccc(CCNC(=O)C(=O)NCc2ccc(C)cc2)cc1. The van der Waals surface area contributed by atoms with Gasteiger partial charge in [0, 0.05) is 13.1 Å². The first-order chi connectivity index (χ1) is 11.6. The molecule has 0 radical (unpaired) electrons. The van der Waals surface area contributed by atoms with E-state index in [0.29, 0.717) is 19.5 Å². The van der Waals surface area contributed by atoms with Crippen LogP contribution >= 0.6 is 0 Å². The second-order valence-corrected chi connectivity index (χ2v) is 5.52. The Balaban J connectivity index is 1.71. The predicted octanol–water partition coefficient (Wildman–Crippen LogP) is 1.98. The quantitative estimate of drug-likeness (QED) is 0.798. The number of rotatable bonds is 6. The number of amides is 2. The summed E-state index contributed by atoms with van der Waals surface area (Å²) in [5.41, 5.74) is 3.18. The van der Waals surface area contributed by atoms with Crippen LogP contribution in [0.4, 0.5) is 0 Å². The van der Waals surface area contributed by atoms with E-state index >= 15 is 0 Å². The third-order valence-electron chi connectivity index (χ3n) is 3.64. The van der Waals surface area contributed by atoms with Gasteiger partial charge in [-0.3, -0.25) is 9.59 Å². The largest absolute Gasteiger partial charge is 0.497 e. The third-order valence-corrected chi connectivity index (χ3v) is 3.64. The number of hydrogen-bond acceptors (Lipinski definition) is 3. The normalized spacial score (nSPS) is 10.1. The summed E-state index contributed by atoms with van der Waals surface area (Å²) in [6, 6.07) is 15.4. The van der Waals surface area contributed by atoms with Crippen LogP contribution in [0.1, 0.15) is 16.7 Å². The molecule has 2 aromatic carbocycles. The van der Waals surface area contributed by atoms with Crippen LogP contribution < -0.4 is 15.4 Å². The van der Waals surface area contributed by atoms with Crippen molar-refractivity contribution < 1.29 is 14.3 Å². The van der Waals surface area contributed by atoms with Crippen molar-refractivity contribution in [2.45, 2.75) is 19.9 Å². The molecule has 126 valence electrons. The van der Waals surface area contributed by atoms with Crippen LogP contribution in [0, 0.1) is 6.92 Å². The van der Waals surface area contributed by atoms with Crippen LogP contribution in [0.2, 0.25) is 0 Å². The van der Waals surface area contributed by atoms with Crippen LogP contribution in [0.25, 0.3) is 0 Å². The lowest BCUT2D eigenvalue weighted by Crippen LogP contribution is -2.40. The lowest BCUT2D eigenvalue weighted by atomic mass is 10.1. The van der Waals surface area contributed by atoms with E-state index in [1.165, 1.54) is 0 Å². The minimum Gasteiger partial charge on any atom is -0.497 e.